The Morgan fingerprint density at radius 3 is 2.61 bits per heavy atom. The second-order valence-corrected chi connectivity index (χ2v) is 6.99. The molecule has 0 aromatic heterocycles. The molecule has 1 fully saturated rings. The van der Waals surface area contributed by atoms with Crippen molar-refractivity contribution in [3.8, 4) is 0 Å². The minimum absolute atomic E-state index is 0.328. The predicted molar refractivity (Wildman–Crippen MR) is 106 cm³/mol. The maximum atomic E-state index is 12.2. The van der Waals surface area contributed by atoms with E-state index in [9.17, 15) is 19.5 Å². The van der Waals surface area contributed by atoms with Gasteiger partial charge in [0.1, 0.15) is 12.3 Å². The van der Waals surface area contributed by atoms with Crippen LogP contribution < -0.4 is 10.2 Å². The molecule has 1 aromatic rings. The number of amides is 3. The third-order valence-corrected chi connectivity index (χ3v) is 4.85. The molecule has 0 bridgehead atoms. The molecule has 1 aliphatic heterocycles. The number of aldehydes is 1. The molecule has 0 aliphatic carbocycles. The Bertz CT molecular complexity index is 647. The largest absolute Gasteiger partial charge is 0.388 e. The van der Waals surface area contributed by atoms with E-state index in [4.69, 9.17) is 4.74 Å². The van der Waals surface area contributed by atoms with Crippen molar-refractivity contribution in [2.45, 2.75) is 64.0 Å². The van der Waals surface area contributed by atoms with E-state index in [1.54, 1.807) is 24.3 Å². The third kappa shape index (κ3) is 6.14. The van der Waals surface area contributed by atoms with Crippen molar-refractivity contribution in [3.63, 3.8) is 0 Å². The lowest BCUT2D eigenvalue weighted by molar-refractivity contribution is -0.120. The maximum absolute atomic E-state index is 12.2. The molecule has 2 N–H and O–H groups in total. The molecule has 1 saturated heterocycles. The minimum Gasteiger partial charge on any atom is -0.388 e. The van der Waals surface area contributed by atoms with Gasteiger partial charge in [0, 0.05) is 31.7 Å². The summed E-state index contributed by atoms with van der Waals surface area (Å²) in [6.07, 6.45) is 5.66. The molecule has 0 spiro atoms. The number of urea groups is 1. The van der Waals surface area contributed by atoms with Crippen LogP contribution in [0.5, 0.6) is 0 Å². The van der Waals surface area contributed by atoms with Crippen LogP contribution in [0.25, 0.3) is 0 Å². The molecular formula is C21H30N2O5. The first-order valence-electron chi connectivity index (χ1n) is 10.0. The molecule has 28 heavy (non-hydrogen) atoms. The number of aliphatic hydroxyl groups excluding tert-OH is 1. The zero-order valence-corrected chi connectivity index (χ0v) is 16.4. The van der Waals surface area contributed by atoms with Gasteiger partial charge in [0.05, 0.1) is 6.10 Å². The highest BCUT2D eigenvalue weighted by Crippen LogP contribution is 2.26. The Balaban J connectivity index is 1.95. The monoisotopic (exact) mass is 390 g/mol. The van der Waals surface area contributed by atoms with Crippen LogP contribution in [0.2, 0.25) is 0 Å². The van der Waals surface area contributed by atoms with Gasteiger partial charge in [0.25, 0.3) is 5.91 Å². The van der Waals surface area contributed by atoms with Crippen molar-refractivity contribution in [1.82, 2.24) is 5.32 Å². The van der Waals surface area contributed by atoms with Crippen molar-refractivity contribution in [2.24, 2.45) is 0 Å². The van der Waals surface area contributed by atoms with Crippen molar-refractivity contribution < 1.29 is 24.2 Å². The molecule has 2 rings (SSSR count). The smallest absolute Gasteiger partial charge is 0.329 e. The summed E-state index contributed by atoms with van der Waals surface area (Å²) in [6, 6.07) is 6.04. The number of nitrogens with one attached hydrogen (secondary N) is 1. The van der Waals surface area contributed by atoms with Crippen LogP contribution in [0.4, 0.5) is 10.5 Å². The first kappa shape index (κ1) is 22.0. The normalized spacial score (nSPS) is 17.6. The van der Waals surface area contributed by atoms with Gasteiger partial charge in [-0.1, -0.05) is 38.3 Å². The van der Waals surface area contributed by atoms with Gasteiger partial charge in [-0.25, -0.2) is 4.79 Å². The Hall–Kier alpha value is -2.25. The molecule has 2 atom stereocenters. The number of nitrogens with zero attached hydrogens (tertiary/aromatic N) is 1. The van der Waals surface area contributed by atoms with E-state index in [-0.39, 0.29) is 5.91 Å². The van der Waals surface area contributed by atoms with E-state index < -0.39 is 18.2 Å². The second kappa shape index (κ2) is 11.6. The maximum Gasteiger partial charge on any atom is 0.329 e. The van der Waals surface area contributed by atoms with Crippen molar-refractivity contribution in [1.29, 1.82) is 0 Å². The number of anilines is 1. The molecule has 1 aliphatic rings. The molecule has 154 valence electrons. The lowest BCUT2D eigenvalue weighted by Crippen LogP contribution is -2.36. The van der Waals surface area contributed by atoms with E-state index in [1.807, 2.05) is 0 Å². The third-order valence-electron chi connectivity index (χ3n) is 4.85. The van der Waals surface area contributed by atoms with E-state index in [0.717, 1.165) is 31.1 Å². The summed E-state index contributed by atoms with van der Waals surface area (Å²) in [5, 5.41) is 12.6. The van der Waals surface area contributed by atoms with Crippen LogP contribution in [0.3, 0.4) is 0 Å². The van der Waals surface area contributed by atoms with Crippen molar-refractivity contribution >= 4 is 23.9 Å². The lowest BCUT2D eigenvalue weighted by Gasteiger charge is -2.22. The first-order valence-corrected chi connectivity index (χ1v) is 10.0. The van der Waals surface area contributed by atoms with Gasteiger partial charge in [-0.2, -0.15) is 0 Å². The molecule has 3 amide bonds. The molecular weight excluding hydrogens is 360 g/mol. The molecule has 7 heteroatoms. The van der Waals surface area contributed by atoms with E-state index in [1.165, 1.54) is 4.90 Å². The fourth-order valence-electron chi connectivity index (χ4n) is 3.24. The van der Waals surface area contributed by atoms with Gasteiger partial charge >= 0.3 is 6.03 Å². The molecule has 0 radical (unpaired) electrons. The van der Waals surface area contributed by atoms with E-state index in [0.29, 0.717) is 44.6 Å². The first-order chi connectivity index (χ1) is 13.6. The highest BCUT2D eigenvalue weighted by atomic mass is 16.5. The fourth-order valence-corrected chi connectivity index (χ4v) is 3.24. The molecule has 7 nitrogen and oxygen atoms in total. The van der Waals surface area contributed by atoms with Crippen molar-refractivity contribution in [3.05, 3.63) is 29.8 Å². The number of hydrogen-bond acceptors (Lipinski definition) is 5. The highest BCUT2D eigenvalue weighted by molar-refractivity contribution is 6.14. The number of ether oxygens (including phenoxy) is 1. The van der Waals surface area contributed by atoms with Gasteiger partial charge in [-0.15, -0.1) is 0 Å². The number of rotatable bonds is 13. The van der Waals surface area contributed by atoms with E-state index >= 15 is 0 Å². The Morgan fingerprint density at radius 1 is 1.18 bits per heavy atom. The summed E-state index contributed by atoms with van der Waals surface area (Å²) >= 11 is 0. The summed E-state index contributed by atoms with van der Waals surface area (Å²) in [4.78, 5) is 36.1. The molecule has 0 saturated carbocycles. The van der Waals surface area contributed by atoms with Crippen LogP contribution in [0, 0.1) is 0 Å². The zero-order valence-electron chi connectivity index (χ0n) is 16.4. The lowest BCUT2D eigenvalue weighted by atomic mass is 10.0. The van der Waals surface area contributed by atoms with Crippen molar-refractivity contribution in [2.75, 3.05) is 18.1 Å². The number of aliphatic hydroxyl groups is 1. The van der Waals surface area contributed by atoms with Gasteiger partial charge in [0.15, 0.2) is 0 Å². The summed E-state index contributed by atoms with van der Waals surface area (Å²) in [6.45, 7) is 2.90. The van der Waals surface area contributed by atoms with Crippen LogP contribution >= 0.6 is 0 Å². The number of benzene rings is 1. The van der Waals surface area contributed by atoms with Gasteiger partial charge < -0.3 is 14.6 Å². The second-order valence-electron chi connectivity index (χ2n) is 6.99. The number of carbonyl (C=O) groups is 3. The number of imide groups is 1. The summed E-state index contributed by atoms with van der Waals surface area (Å²) in [5.41, 5.74) is 1.42. The quantitative estimate of drug-likeness (QED) is 0.306. The molecule has 1 unspecified atom stereocenters. The SMILES string of the molecule is CCCCCC(O)c1ccc(N2C(=O)NC(=O)[C@@H]2CCOCCCC=O)cc1. The Kier molecular flexibility index (Phi) is 9.10. The van der Waals surface area contributed by atoms with Crippen LogP contribution in [-0.2, 0) is 14.3 Å². The van der Waals surface area contributed by atoms with Gasteiger partial charge in [-0.3, -0.25) is 15.0 Å². The van der Waals surface area contributed by atoms with E-state index in [2.05, 4.69) is 12.2 Å². The highest BCUT2D eigenvalue weighted by Gasteiger charge is 2.38. The van der Waals surface area contributed by atoms with Crippen LogP contribution in [0.1, 0.15) is 63.5 Å². The minimum atomic E-state index is -0.626. The summed E-state index contributed by atoms with van der Waals surface area (Å²) in [5.74, 6) is -0.342. The topological polar surface area (TPSA) is 95.9 Å². The molecule has 1 heterocycles. The fraction of sp³-hybridized carbons (Fsp3) is 0.571. The number of carbonyl (C=O) groups excluding carboxylic acids is 3. The summed E-state index contributed by atoms with van der Waals surface area (Å²) < 4.78 is 5.45. The Labute approximate surface area is 166 Å². The average molecular weight is 390 g/mol. The van der Waals surface area contributed by atoms with Gasteiger partial charge in [-0.05, 0) is 30.5 Å². The molecule has 1 aromatic carbocycles. The van der Waals surface area contributed by atoms with Crippen LogP contribution in [-0.4, -0.2) is 42.6 Å². The number of hydrogen-bond donors (Lipinski definition) is 2. The number of unbranched alkanes of at least 4 members (excludes halogenated alkanes) is 3. The average Bonchev–Trinajstić information content (AvgIpc) is 2.98. The predicted octanol–water partition coefficient (Wildman–Crippen LogP) is 3.11. The zero-order chi connectivity index (χ0) is 20.4. The van der Waals surface area contributed by atoms with Crippen LogP contribution in [0.15, 0.2) is 24.3 Å². The summed E-state index contributed by atoms with van der Waals surface area (Å²) in [7, 11) is 0. The van der Waals surface area contributed by atoms with Gasteiger partial charge in [0.2, 0.25) is 0 Å². The Morgan fingerprint density at radius 2 is 1.93 bits per heavy atom. The standard InChI is InChI=1S/C21H30N2O5/c1-2-3-4-7-19(25)16-8-10-17(11-9-16)23-18(20(26)22-21(23)27)12-15-28-14-6-5-13-24/h8-11,13,18-19,25H,2-7,12,14-15H2,1H3,(H,22,26,27)/t18-,19?/m0/s1.